The van der Waals surface area contributed by atoms with Crippen molar-refractivity contribution in [2.45, 2.75) is 0 Å². The van der Waals surface area contributed by atoms with E-state index in [1.165, 1.54) is 29.2 Å². The Morgan fingerprint density at radius 3 is 2.57 bits per heavy atom. The van der Waals surface area contributed by atoms with Crippen molar-refractivity contribution < 1.29 is 23.4 Å². The van der Waals surface area contributed by atoms with Crippen LogP contribution >= 0.6 is 0 Å². The zero-order chi connectivity index (χ0) is 16.2. The molecule has 0 aliphatic carbocycles. The highest BCUT2D eigenvalue weighted by Gasteiger charge is 2.17. The Balaban J connectivity index is 1.64. The van der Waals surface area contributed by atoms with Gasteiger partial charge in [-0.1, -0.05) is 0 Å². The third kappa shape index (κ3) is 3.53. The largest absolute Gasteiger partial charge is 0.486 e. The lowest BCUT2D eigenvalue weighted by Gasteiger charge is -2.22. The smallest absolute Gasteiger partial charge is 0.264 e. The van der Waals surface area contributed by atoms with Gasteiger partial charge in [0.15, 0.2) is 18.1 Å². The standard InChI is InChI=1S/C17H16FNO4/c1-19(13-4-7-15-16(10-13)22-9-8-21-15)17(20)11-23-14-5-2-12(18)3-6-14/h2-7,10H,8-9,11H2,1H3. The molecule has 2 aromatic carbocycles. The number of fused-ring (bicyclic) bond motifs is 1. The van der Waals surface area contributed by atoms with Crippen LogP contribution in [0, 0.1) is 5.82 Å². The van der Waals surface area contributed by atoms with Gasteiger partial charge in [0, 0.05) is 18.8 Å². The number of likely N-dealkylation sites (N-methyl/N-ethyl adjacent to an activating group) is 1. The van der Waals surface area contributed by atoms with E-state index in [0.717, 1.165) is 0 Å². The van der Waals surface area contributed by atoms with E-state index in [0.29, 0.717) is 36.1 Å². The maximum absolute atomic E-state index is 12.8. The zero-order valence-corrected chi connectivity index (χ0v) is 12.6. The molecular formula is C17H16FNO4. The van der Waals surface area contributed by atoms with Crippen LogP contribution in [-0.2, 0) is 4.79 Å². The zero-order valence-electron chi connectivity index (χ0n) is 12.6. The Morgan fingerprint density at radius 2 is 1.83 bits per heavy atom. The summed E-state index contributed by atoms with van der Waals surface area (Å²) in [4.78, 5) is 13.7. The predicted octanol–water partition coefficient (Wildman–Crippen LogP) is 2.64. The van der Waals surface area contributed by atoms with Gasteiger partial charge in [-0.3, -0.25) is 4.79 Å². The van der Waals surface area contributed by atoms with Crippen LogP contribution < -0.4 is 19.1 Å². The first-order valence-corrected chi connectivity index (χ1v) is 7.18. The molecule has 6 heteroatoms. The van der Waals surface area contributed by atoms with Gasteiger partial charge in [0.1, 0.15) is 24.8 Å². The number of hydrogen-bond acceptors (Lipinski definition) is 4. The van der Waals surface area contributed by atoms with Crippen molar-refractivity contribution in [1.82, 2.24) is 0 Å². The molecule has 5 nitrogen and oxygen atoms in total. The number of anilines is 1. The van der Waals surface area contributed by atoms with Gasteiger partial charge in [-0.25, -0.2) is 4.39 Å². The highest BCUT2D eigenvalue weighted by Crippen LogP contribution is 2.33. The van der Waals surface area contributed by atoms with Gasteiger partial charge in [0.2, 0.25) is 0 Å². The van der Waals surface area contributed by atoms with Crippen LogP contribution in [0.4, 0.5) is 10.1 Å². The summed E-state index contributed by atoms with van der Waals surface area (Å²) in [5, 5.41) is 0. The van der Waals surface area contributed by atoms with E-state index in [9.17, 15) is 9.18 Å². The van der Waals surface area contributed by atoms with Gasteiger partial charge in [-0.05, 0) is 36.4 Å². The second-order valence-corrected chi connectivity index (χ2v) is 5.02. The Hall–Kier alpha value is -2.76. The fraction of sp³-hybridized carbons (Fsp3) is 0.235. The average Bonchev–Trinajstić information content (AvgIpc) is 2.60. The van der Waals surface area contributed by atoms with E-state index in [2.05, 4.69) is 0 Å². The molecule has 0 aromatic heterocycles. The quantitative estimate of drug-likeness (QED) is 0.870. The molecule has 3 rings (SSSR count). The Kier molecular flexibility index (Phi) is 4.32. The number of carbonyl (C=O) groups is 1. The minimum absolute atomic E-state index is 0.142. The molecule has 0 N–H and O–H groups in total. The van der Waals surface area contributed by atoms with E-state index in [-0.39, 0.29) is 18.3 Å². The molecule has 0 radical (unpaired) electrons. The van der Waals surface area contributed by atoms with Crippen molar-refractivity contribution in [1.29, 1.82) is 0 Å². The highest BCUT2D eigenvalue weighted by atomic mass is 19.1. The van der Waals surface area contributed by atoms with Crippen molar-refractivity contribution in [2.75, 3.05) is 31.8 Å². The van der Waals surface area contributed by atoms with Crippen LogP contribution in [0.15, 0.2) is 42.5 Å². The summed E-state index contributed by atoms with van der Waals surface area (Å²) in [5.41, 5.74) is 0.682. The first-order valence-electron chi connectivity index (χ1n) is 7.18. The van der Waals surface area contributed by atoms with Crippen LogP contribution in [0.5, 0.6) is 17.2 Å². The Morgan fingerprint density at radius 1 is 1.13 bits per heavy atom. The van der Waals surface area contributed by atoms with Crippen LogP contribution in [0.1, 0.15) is 0 Å². The summed E-state index contributed by atoms with van der Waals surface area (Å²) >= 11 is 0. The molecule has 1 amide bonds. The fourth-order valence-electron chi connectivity index (χ4n) is 2.16. The number of ether oxygens (including phenoxy) is 3. The maximum atomic E-state index is 12.8. The van der Waals surface area contributed by atoms with Gasteiger partial charge in [0.05, 0.1) is 0 Å². The summed E-state index contributed by atoms with van der Waals surface area (Å²) in [6.45, 7) is 0.866. The number of nitrogens with zero attached hydrogens (tertiary/aromatic N) is 1. The van der Waals surface area contributed by atoms with Gasteiger partial charge >= 0.3 is 0 Å². The van der Waals surface area contributed by atoms with Gasteiger partial charge < -0.3 is 19.1 Å². The van der Waals surface area contributed by atoms with E-state index in [1.54, 1.807) is 25.2 Å². The highest BCUT2D eigenvalue weighted by molar-refractivity contribution is 5.94. The number of hydrogen-bond donors (Lipinski definition) is 0. The second kappa shape index (κ2) is 6.56. The van der Waals surface area contributed by atoms with Crippen LogP contribution in [0.25, 0.3) is 0 Å². The summed E-state index contributed by atoms with van der Waals surface area (Å²) in [6, 6.07) is 10.8. The van der Waals surface area contributed by atoms with E-state index in [4.69, 9.17) is 14.2 Å². The number of carbonyl (C=O) groups excluding carboxylic acids is 1. The van der Waals surface area contributed by atoms with Crippen LogP contribution in [0.3, 0.4) is 0 Å². The first kappa shape index (κ1) is 15.1. The van der Waals surface area contributed by atoms with Crippen molar-refractivity contribution in [3.8, 4) is 17.2 Å². The molecular weight excluding hydrogens is 301 g/mol. The molecule has 0 bridgehead atoms. The molecule has 23 heavy (non-hydrogen) atoms. The third-order valence-electron chi connectivity index (χ3n) is 3.46. The maximum Gasteiger partial charge on any atom is 0.264 e. The first-order chi connectivity index (χ1) is 11.1. The number of benzene rings is 2. The summed E-state index contributed by atoms with van der Waals surface area (Å²) in [6.07, 6.45) is 0. The van der Waals surface area contributed by atoms with E-state index in [1.807, 2.05) is 0 Å². The molecule has 0 fully saturated rings. The van der Waals surface area contributed by atoms with Crippen molar-refractivity contribution >= 4 is 11.6 Å². The summed E-state index contributed by atoms with van der Waals surface area (Å²) in [7, 11) is 1.65. The number of rotatable bonds is 4. The Labute approximate surface area is 133 Å². The number of halogens is 1. The lowest BCUT2D eigenvalue weighted by molar-refractivity contribution is -0.120. The third-order valence-corrected chi connectivity index (χ3v) is 3.46. The van der Waals surface area contributed by atoms with Crippen molar-refractivity contribution in [2.24, 2.45) is 0 Å². The second-order valence-electron chi connectivity index (χ2n) is 5.02. The Bertz CT molecular complexity index is 702. The van der Waals surface area contributed by atoms with Crippen LogP contribution in [0.2, 0.25) is 0 Å². The van der Waals surface area contributed by atoms with Gasteiger partial charge in [-0.2, -0.15) is 0 Å². The molecule has 0 saturated heterocycles. The van der Waals surface area contributed by atoms with Crippen LogP contribution in [-0.4, -0.2) is 32.8 Å². The minimum Gasteiger partial charge on any atom is -0.486 e. The summed E-state index contributed by atoms with van der Waals surface area (Å²) < 4.78 is 29.1. The molecule has 1 aliphatic heterocycles. The molecule has 1 aliphatic rings. The molecule has 0 atom stereocenters. The number of amides is 1. The van der Waals surface area contributed by atoms with Gasteiger partial charge in [0.25, 0.3) is 5.91 Å². The minimum atomic E-state index is -0.350. The lowest BCUT2D eigenvalue weighted by Crippen LogP contribution is -2.31. The van der Waals surface area contributed by atoms with Crippen molar-refractivity contribution in [3.63, 3.8) is 0 Å². The van der Waals surface area contributed by atoms with Crippen molar-refractivity contribution in [3.05, 3.63) is 48.3 Å². The van der Waals surface area contributed by atoms with E-state index >= 15 is 0 Å². The van der Waals surface area contributed by atoms with E-state index < -0.39 is 0 Å². The normalized spacial score (nSPS) is 12.6. The lowest BCUT2D eigenvalue weighted by atomic mass is 10.2. The molecule has 0 spiro atoms. The molecule has 2 aromatic rings. The predicted molar refractivity (Wildman–Crippen MR) is 82.7 cm³/mol. The monoisotopic (exact) mass is 317 g/mol. The fourth-order valence-corrected chi connectivity index (χ4v) is 2.16. The topological polar surface area (TPSA) is 48.0 Å². The average molecular weight is 317 g/mol. The molecule has 0 unspecified atom stereocenters. The van der Waals surface area contributed by atoms with Gasteiger partial charge in [-0.15, -0.1) is 0 Å². The SMILES string of the molecule is CN(C(=O)COc1ccc(F)cc1)c1ccc2c(c1)OCCO2. The molecule has 1 heterocycles. The molecule has 120 valence electrons. The molecule has 0 saturated carbocycles. The summed E-state index contributed by atoms with van der Waals surface area (Å²) in [5.74, 6) is 1.15.